The number of aryl methyl sites for hydroxylation is 1. The van der Waals surface area contributed by atoms with E-state index in [-0.39, 0.29) is 22.8 Å². The molecule has 0 bridgehead atoms. The van der Waals surface area contributed by atoms with Gasteiger partial charge in [-0.05, 0) is 25.5 Å². The lowest BCUT2D eigenvalue weighted by Gasteiger charge is -2.09. The highest BCUT2D eigenvalue weighted by Gasteiger charge is 2.14. The van der Waals surface area contributed by atoms with E-state index < -0.39 is 5.97 Å². The smallest absolute Gasteiger partial charge is 0.339 e. The van der Waals surface area contributed by atoms with E-state index in [0.717, 1.165) is 11.8 Å². The second kappa shape index (κ2) is 8.48. The van der Waals surface area contributed by atoms with Crippen LogP contribution < -0.4 is 10.9 Å². The van der Waals surface area contributed by atoms with Crippen LogP contribution in [0.1, 0.15) is 28.5 Å². The van der Waals surface area contributed by atoms with Gasteiger partial charge in [0.2, 0.25) is 5.91 Å². The van der Waals surface area contributed by atoms with Crippen molar-refractivity contribution in [1.82, 2.24) is 9.97 Å². The van der Waals surface area contributed by atoms with Crippen LogP contribution in [-0.4, -0.2) is 34.7 Å². The van der Waals surface area contributed by atoms with Crippen molar-refractivity contribution in [2.24, 2.45) is 0 Å². The molecule has 2 rings (SSSR count). The lowest BCUT2D eigenvalue weighted by atomic mass is 10.2. The van der Waals surface area contributed by atoms with Crippen LogP contribution in [0.15, 0.2) is 34.2 Å². The van der Waals surface area contributed by atoms with Crippen molar-refractivity contribution >= 4 is 29.3 Å². The lowest BCUT2D eigenvalue weighted by molar-refractivity contribution is -0.113. The van der Waals surface area contributed by atoms with E-state index in [0.29, 0.717) is 28.5 Å². The first-order chi connectivity index (χ1) is 12.0. The molecule has 0 aliphatic heterocycles. The number of carbonyl (C=O) groups is 2. The number of hydrogen-bond acceptors (Lipinski definition) is 6. The molecule has 0 unspecified atom stereocenters. The third-order valence-corrected chi connectivity index (χ3v) is 4.37. The molecule has 0 fully saturated rings. The minimum absolute atomic E-state index is 0.0450. The molecule has 1 aromatic carbocycles. The van der Waals surface area contributed by atoms with Crippen LogP contribution in [0, 0.1) is 6.92 Å². The van der Waals surface area contributed by atoms with E-state index in [4.69, 9.17) is 4.74 Å². The molecule has 25 heavy (non-hydrogen) atoms. The maximum absolute atomic E-state index is 12.1. The van der Waals surface area contributed by atoms with Gasteiger partial charge in [-0.1, -0.05) is 30.8 Å². The molecule has 7 nitrogen and oxygen atoms in total. The average Bonchev–Trinajstić information content (AvgIpc) is 2.59. The third-order valence-electron chi connectivity index (χ3n) is 3.50. The molecule has 2 N–H and O–H groups in total. The van der Waals surface area contributed by atoms with Gasteiger partial charge < -0.3 is 15.0 Å². The zero-order chi connectivity index (χ0) is 18.4. The monoisotopic (exact) mass is 361 g/mol. The van der Waals surface area contributed by atoms with Gasteiger partial charge in [-0.15, -0.1) is 0 Å². The van der Waals surface area contributed by atoms with Gasteiger partial charge in [-0.25, -0.2) is 9.78 Å². The number of methoxy groups -OCH3 is 1. The number of H-pyrrole nitrogens is 1. The Morgan fingerprint density at radius 2 is 2.04 bits per heavy atom. The van der Waals surface area contributed by atoms with Gasteiger partial charge >= 0.3 is 5.97 Å². The van der Waals surface area contributed by atoms with Crippen LogP contribution in [0.25, 0.3) is 0 Å². The predicted molar refractivity (Wildman–Crippen MR) is 96.1 cm³/mol. The van der Waals surface area contributed by atoms with Gasteiger partial charge in [-0.2, -0.15) is 0 Å². The number of rotatable bonds is 6. The molecule has 0 saturated carbocycles. The van der Waals surface area contributed by atoms with E-state index in [1.807, 2.05) is 6.92 Å². The molecule has 1 amide bonds. The largest absolute Gasteiger partial charge is 0.465 e. The van der Waals surface area contributed by atoms with Crippen LogP contribution >= 0.6 is 11.8 Å². The van der Waals surface area contributed by atoms with E-state index in [1.165, 1.54) is 7.11 Å². The molecule has 0 atom stereocenters. The molecule has 0 radical (unpaired) electrons. The molecule has 1 aromatic heterocycles. The maximum atomic E-state index is 12.1. The van der Waals surface area contributed by atoms with Crippen molar-refractivity contribution < 1.29 is 14.3 Å². The number of ether oxygens (including phenoxy) is 1. The normalized spacial score (nSPS) is 10.4. The first-order valence-electron chi connectivity index (χ1n) is 7.66. The molecule has 1 heterocycles. The van der Waals surface area contributed by atoms with Gasteiger partial charge in [0.25, 0.3) is 5.56 Å². The van der Waals surface area contributed by atoms with E-state index in [1.54, 1.807) is 31.2 Å². The number of aromatic amines is 1. The van der Waals surface area contributed by atoms with Crippen molar-refractivity contribution in [1.29, 1.82) is 0 Å². The number of hydrogen-bond donors (Lipinski definition) is 2. The first kappa shape index (κ1) is 18.7. The minimum atomic E-state index is -0.527. The van der Waals surface area contributed by atoms with Crippen LogP contribution in [0.2, 0.25) is 0 Å². The fourth-order valence-electron chi connectivity index (χ4n) is 2.27. The third kappa shape index (κ3) is 4.69. The van der Waals surface area contributed by atoms with Crippen molar-refractivity contribution in [2.45, 2.75) is 25.4 Å². The predicted octanol–water partition coefficient (Wildman–Crippen LogP) is 2.16. The topological polar surface area (TPSA) is 101 Å². The Balaban J connectivity index is 2.05. The zero-order valence-electron chi connectivity index (χ0n) is 14.2. The van der Waals surface area contributed by atoms with E-state index in [9.17, 15) is 14.4 Å². The summed E-state index contributed by atoms with van der Waals surface area (Å²) in [5, 5.41) is 3.05. The summed E-state index contributed by atoms with van der Waals surface area (Å²) in [6.07, 6.45) is 0.601. The number of thioether (sulfide) groups is 1. The highest BCUT2D eigenvalue weighted by atomic mass is 32.2. The number of nitrogens with zero attached hydrogens (tertiary/aromatic N) is 1. The van der Waals surface area contributed by atoms with Crippen molar-refractivity contribution in [3.05, 3.63) is 51.4 Å². The SMILES string of the molecule is CCc1c(C)nc(SCC(=O)Nc2ccccc2C(=O)OC)[nH]c1=O. The Hall–Kier alpha value is -2.61. The fraction of sp³-hybridized carbons (Fsp3) is 0.294. The summed E-state index contributed by atoms with van der Waals surface area (Å²) in [7, 11) is 1.28. The second-order valence-corrected chi connectivity index (χ2v) is 6.13. The highest BCUT2D eigenvalue weighted by molar-refractivity contribution is 7.99. The van der Waals surface area contributed by atoms with Crippen LogP contribution in [0.3, 0.4) is 0 Å². The molecule has 2 aromatic rings. The summed E-state index contributed by atoms with van der Waals surface area (Å²) < 4.78 is 4.69. The average molecular weight is 361 g/mol. The molecule has 0 aliphatic carbocycles. The summed E-state index contributed by atoms with van der Waals surface area (Å²) >= 11 is 1.12. The van der Waals surface area contributed by atoms with E-state index in [2.05, 4.69) is 15.3 Å². The van der Waals surface area contributed by atoms with Crippen molar-refractivity contribution in [3.8, 4) is 0 Å². The van der Waals surface area contributed by atoms with Gasteiger partial charge in [0, 0.05) is 11.3 Å². The van der Waals surface area contributed by atoms with Crippen LogP contribution in [0.5, 0.6) is 0 Å². The zero-order valence-corrected chi connectivity index (χ0v) is 15.0. The maximum Gasteiger partial charge on any atom is 0.339 e. The molecule has 0 aliphatic rings. The standard InChI is InChI=1S/C17H19N3O4S/c1-4-11-10(2)18-17(20-15(11)22)25-9-14(21)19-13-8-6-5-7-12(13)16(23)24-3/h5-8H,4,9H2,1-3H3,(H,19,21)(H,18,20,22). The molecule has 8 heteroatoms. The Morgan fingerprint density at radius 3 is 2.68 bits per heavy atom. The quantitative estimate of drug-likeness (QED) is 0.464. The minimum Gasteiger partial charge on any atom is -0.465 e. The molecular weight excluding hydrogens is 342 g/mol. The Kier molecular flexibility index (Phi) is 6.35. The summed E-state index contributed by atoms with van der Waals surface area (Å²) in [5.41, 5.74) is 1.76. The number of anilines is 1. The molecule has 0 spiro atoms. The van der Waals surface area contributed by atoms with Gasteiger partial charge in [-0.3, -0.25) is 9.59 Å². The van der Waals surface area contributed by atoms with Gasteiger partial charge in [0.1, 0.15) is 0 Å². The number of aromatic nitrogens is 2. The fourth-order valence-corrected chi connectivity index (χ4v) is 2.98. The number of benzene rings is 1. The van der Waals surface area contributed by atoms with Crippen LogP contribution in [0.4, 0.5) is 5.69 Å². The van der Waals surface area contributed by atoms with Crippen LogP contribution in [-0.2, 0) is 16.0 Å². The number of nitrogens with one attached hydrogen (secondary N) is 2. The second-order valence-electron chi connectivity index (χ2n) is 5.16. The summed E-state index contributed by atoms with van der Waals surface area (Å²) in [6.45, 7) is 3.66. The lowest BCUT2D eigenvalue weighted by Crippen LogP contribution is -2.19. The van der Waals surface area contributed by atoms with Gasteiger partial charge in [0.15, 0.2) is 5.16 Å². The number of amides is 1. The first-order valence-corrected chi connectivity index (χ1v) is 8.64. The number of carbonyl (C=O) groups excluding carboxylic acids is 2. The highest BCUT2D eigenvalue weighted by Crippen LogP contribution is 2.18. The molecule has 132 valence electrons. The summed E-state index contributed by atoms with van der Waals surface area (Å²) in [4.78, 5) is 42.7. The van der Waals surface area contributed by atoms with Crippen molar-refractivity contribution in [3.63, 3.8) is 0 Å². The Labute approximate surface area is 149 Å². The summed E-state index contributed by atoms with van der Waals surface area (Å²) in [5.74, 6) is -0.801. The Morgan fingerprint density at radius 1 is 1.32 bits per heavy atom. The number of esters is 1. The Bertz CT molecular complexity index is 848. The van der Waals surface area contributed by atoms with Gasteiger partial charge in [0.05, 0.1) is 24.1 Å². The van der Waals surface area contributed by atoms with Crippen molar-refractivity contribution in [2.75, 3.05) is 18.2 Å². The molecular formula is C17H19N3O4S. The molecule has 0 saturated heterocycles. The number of para-hydroxylation sites is 1. The summed E-state index contributed by atoms with van der Waals surface area (Å²) in [6, 6.07) is 6.58. The van der Waals surface area contributed by atoms with E-state index >= 15 is 0 Å².